The van der Waals surface area contributed by atoms with Crippen LogP contribution in [0.25, 0.3) is 0 Å². The molecular weight excluding hydrogens is 385 g/mol. The molecule has 0 spiro atoms. The minimum absolute atomic E-state index is 0.0150. The van der Waals surface area contributed by atoms with E-state index < -0.39 is 0 Å². The number of amides is 2. The van der Waals surface area contributed by atoms with Crippen molar-refractivity contribution in [2.45, 2.75) is 45.7 Å². The molecule has 0 radical (unpaired) electrons. The molecule has 0 bridgehead atoms. The van der Waals surface area contributed by atoms with Gasteiger partial charge in [-0.3, -0.25) is 9.59 Å². The van der Waals surface area contributed by atoms with E-state index in [2.05, 4.69) is 5.32 Å². The van der Waals surface area contributed by atoms with Crippen LogP contribution in [0.1, 0.15) is 45.2 Å². The van der Waals surface area contributed by atoms with Gasteiger partial charge in [-0.05, 0) is 51.3 Å². The van der Waals surface area contributed by atoms with Crippen molar-refractivity contribution >= 4 is 35.0 Å². The highest BCUT2D eigenvalue weighted by Gasteiger charge is 2.29. The molecule has 1 unspecified atom stereocenters. The van der Waals surface area contributed by atoms with Gasteiger partial charge in [0, 0.05) is 48.2 Å². The smallest absolute Gasteiger partial charge is 0.236 e. The van der Waals surface area contributed by atoms with Crippen LogP contribution in [0.3, 0.4) is 0 Å². The second kappa shape index (κ2) is 9.76. The van der Waals surface area contributed by atoms with E-state index in [0.717, 1.165) is 18.4 Å². The molecule has 1 N–H and O–H groups in total. The zero-order valence-electron chi connectivity index (χ0n) is 16.5. The molecule has 1 heterocycles. The molecule has 1 saturated heterocycles. The van der Waals surface area contributed by atoms with Crippen molar-refractivity contribution in [3.63, 3.8) is 0 Å². The van der Waals surface area contributed by atoms with Crippen molar-refractivity contribution in [3.8, 4) is 0 Å². The Labute approximate surface area is 172 Å². The van der Waals surface area contributed by atoms with E-state index in [1.165, 1.54) is 0 Å². The molecular formula is C20H29Cl2N3O2. The van der Waals surface area contributed by atoms with Gasteiger partial charge in [0.15, 0.2) is 0 Å². The second-order valence-electron chi connectivity index (χ2n) is 7.47. The maximum absolute atomic E-state index is 12.5. The van der Waals surface area contributed by atoms with Crippen molar-refractivity contribution in [3.05, 3.63) is 33.8 Å². The summed E-state index contributed by atoms with van der Waals surface area (Å²) in [5, 5.41) is 4.41. The Balaban J connectivity index is 1.81. The number of carbonyl (C=O) groups is 2. The quantitative estimate of drug-likeness (QED) is 0.772. The largest absolute Gasteiger partial charge is 0.343 e. The summed E-state index contributed by atoms with van der Waals surface area (Å²) in [4.78, 5) is 28.6. The zero-order valence-corrected chi connectivity index (χ0v) is 18.0. The average Bonchev–Trinajstić information content (AvgIpc) is 2.64. The Bertz CT molecular complexity index is 673. The van der Waals surface area contributed by atoms with Gasteiger partial charge >= 0.3 is 0 Å². The van der Waals surface area contributed by atoms with Crippen molar-refractivity contribution in [1.82, 2.24) is 15.1 Å². The normalized spacial score (nSPS) is 16.5. The fourth-order valence-electron chi connectivity index (χ4n) is 3.23. The molecule has 1 fully saturated rings. The summed E-state index contributed by atoms with van der Waals surface area (Å²) < 4.78 is 0. The summed E-state index contributed by atoms with van der Waals surface area (Å²) in [5.74, 6) is 0.248. The summed E-state index contributed by atoms with van der Waals surface area (Å²) in [6.07, 6.45) is 1.44. The molecule has 0 aliphatic carbocycles. The SMILES string of the molecule is CC(NCC(=O)N1CCC(C(=O)N(C)C(C)C)CC1)c1ccc(Cl)cc1Cl. The van der Waals surface area contributed by atoms with Crippen LogP contribution in [-0.2, 0) is 9.59 Å². The lowest BCUT2D eigenvalue weighted by atomic mass is 9.95. The highest BCUT2D eigenvalue weighted by Crippen LogP contribution is 2.26. The fourth-order valence-corrected chi connectivity index (χ4v) is 3.81. The summed E-state index contributed by atoms with van der Waals surface area (Å²) >= 11 is 12.2. The molecule has 2 amide bonds. The van der Waals surface area contributed by atoms with Crippen molar-refractivity contribution in [2.24, 2.45) is 5.92 Å². The van der Waals surface area contributed by atoms with Gasteiger partial charge in [-0.15, -0.1) is 0 Å². The van der Waals surface area contributed by atoms with E-state index in [-0.39, 0.29) is 36.4 Å². The Hall–Kier alpha value is -1.30. The number of rotatable bonds is 6. The van der Waals surface area contributed by atoms with Crippen LogP contribution in [-0.4, -0.2) is 54.3 Å². The third-order valence-corrected chi connectivity index (χ3v) is 5.87. The first-order valence-corrected chi connectivity index (χ1v) is 10.2. The Kier molecular flexibility index (Phi) is 7.95. The number of benzene rings is 1. The van der Waals surface area contributed by atoms with E-state index in [1.807, 2.05) is 38.8 Å². The number of halogens is 2. The number of nitrogens with one attached hydrogen (secondary N) is 1. The minimum Gasteiger partial charge on any atom is -0.343 e. The number of hydrogen-bond acceptors (Lipinski definition) is 3. The first kappa shape index (κ1) is 22.0. The third kappa shape index (κ3) is 5.84. The van der Waals surface area contributed by atoms with Crippen molar-refractivity contribution in [1.29, 1.82) is 0 Å². The molecule has 1 atom stereocenters. The predicted molar refractivity (Wildman–Crippen MR) is 110 cm³/mol. The van der Waals surface area contributed by atoms with Gasteiger partial charge in [0.05, 0.1) is 6.54 Å². The predicted octanol–water partition coefficient (Wildman–Crippen LogP) is 3.75. The van der Waals surface area contributed by atoms with Crippen LogP contribution in [0.5, 0.6) is 0 Å². The van der Waals surface area contributed by atoms with Crippen LogP contribution >= 0.6 is 23.2 Å². The van der Waals surface area contributed by atoms with Crippen molar-refractivity contribution in [2.75, 3.05) is 26.7 Å². The van der Waals surface area contributed by atoms with Crippen LogP contribution < -0.4 is 5.32 Å². The van der Waals surface area contributed by atoms with E-state index in [9.17, 15) is 9.59 Å². The molecule has 1 aliphatic rings. The van der Waals surface area contributed by atoms with Gasteiger partial charge in [-0.1, -0.05) is 29.3 Å². The second-order valence-corrected chi connectivity index (χ2v) is 8.31. The fraction of sp³-hybridized carbons (Fsp3) is 0.600. The van der Waals surface area contributed by atoms with Crippen LogP contribution in [0, 0.1) is 5.92 Å². The van der Waals surface area contributed by atoms with E-state index in [1.54, 1.807) is 17.0 Å². The standard InChI is InChI=1S/C20H29Cl2N3O2/c1-13(2)24(4)20(27)15-7-9-25(10-8-15)19(26)12-23-14(3)17-6-5-16(21)11-18(17)22/h5-6,11,13-15,23H,7-10,12H2,1-4H3. The number of piperidine rings is 1. The lowest BCUT2D eigenvalue weighted by molar-refractivity contribution is -0.140. The summed E-state index contributed by atoms with van der Waals surface area (Å²) in [7, 11) is 1.84. The summed E-state index contributed by atoms with van der Waals surface area (Å²) in [6.45, 7) is 7.48. The molecule has 150 valence electrons. The molecule has 2 rings (SSSR count). The Morgan fingerprint density at radius 1 is 1.22 bits per heavy atom. The third-order valence-electron chi connectivity index (χ3n) is 5.31. The van der Waals surface area contributed by atoms with Crippen LogP contribution in [0.4, 0.5) is 0 Å². The van der Waals surface area contributed by atoms with Gasteiger partial charge in [0.25, 0.3) is 0 Å². The lowest BCUT2D eigenvalue weighted by Gasteiger charge is -2.34. The molecule has 0 aromatic heterocycles. The van der Waals surface area contributed by atoms with Crippen LogP contribution in [0.2, 0.25) is 10.0 Å². The minimum atomic E-state index is -0.0578. The van der Waals surface area contributed by atoms with Gasteiger partial charge < -0.3 is 15.1 Å². The first-order chi connectivity index (χ1) is 12.7. The zero-order chi connectivity index (χ0) is 20.1. The molecule has 1 aromatic carbocycles. The van der Waals surface area contributed by atoms with Crippen LogP contribution in [0.15, 0.2) is 18.2 Å². The van der Waals surface area contributed by atoms with E-state index in [4.69, 9.17) is 23.2 Å². The maximum Gasteiger partial charge on any atom is 0.236 e. The molecule has 7 heteroatoms. The number of hydrogen-bond donors (Lipinski definition) is 1. The number of nitrogens with zero attached hydrogens (tertiary/aromatic N) is 2. The highest BCUT2D eigenvalue weighted by atomic mass is 35.5. The van der Waals surface area contributed by atoms with E-state index in [0.29, 0.717) is 23.1 Å². The van der Waals surface area contributed by atoms with Gasteiger partial charge in [-0.2, -0.15) is 0 Å². The number of carbonyl (C=O) groups excluding carboxylic acids is 2. The Morgan fingerprint density at radius 2 is 1.85 bits per heavy atom. The molecule has 1 aromatic rings. The molecule has 1 aliphatic heterocycles. The molecule has 27 heavy (non-hydrogen) atoms. The Morgan fingerprint density at radius 3 is 2.41 bits per heavy atom. The summed E-state index contributed by atoms with van der Waals surface area (Å²) in [6, 6.07) is 5.50. The van der Waals surface area contributed by atoms with Gasteiger partial charge in [0.1, 0.15) is 0 Å². The average molecular weight is 414 g/mol. The molecule has 0 saturated carbocycles. The highest BCUT2D eigenvalue weighted by molar-refractivity contribution is 6.35. The van der Waals surface area contributed by atoms with E-state index >= 15 is 0 Å². The monoisotopic (exact) mass is 413 g/mol. The molecule has 5 nitrogen and oxygen atoms in total. The first-order valence-electron chi connectivity index (χ1n) is 9.43. The topological polar surface area (TPSA) is 52.7 Å². The van der Waals surface area contributed by atoms with Gasteiger partial charge in [0.2, 0.25) is 11.8 Å². The number of likely N-dealkylation sites (tertiary alicyclic amines) is 1. The maximum atomic E-state index is 12.5. The lowest BCUT2D eigenvalue weighted by Crippen LogP contribution is -2.47. The summed E-state index contributed by atoms with van der Waals surface area (Å²) in [5.41, 5.74) is 0.912. The van der Waals surface area contributed by atoms with Crippen molar-refractivity contribution < 1.29 is 9.59 Å². The van der Waals surface area contributed by atoms with Gasteiger partial charge in [-0.25, -0.2) is 0 Å².